The highest BCUT2D eigenvalue weighted by Crippen LogP contribution is 2.18. The highest BCUT2D eigenvalue weighted by molar-refractivity contribution is 5.55. The van der Waals surface area contributed by atoms with Crippen LogP contribution in [0.2, 0.25) is 0 Å². The summed E-state index contributed by atoms with van der Waals surface area (Å²) in [5, 5.41) is 3.31. The predicted molar refractivity (Wildman–Crippen MR) is 90.3 cm³/mol. The van der Waals surface area contributed by atoms with Crippen LogP contribution >= 0.6 is 0 Å². The Morgan fingerprint density at radius 3 is 2.20 bits per heavy atom. The molecule has 0 heterocycles. The lowest BCUT2D eigenvalue weighted by Crippen LogP contribution is -2.29. The van der Waals surface area contributed by atoms with Crippen LogP contribution in [0.15, 0.2) is 30.8 Å². The zero-order valence-electron chi connectivity index (χ0n) is 13.8. The first-order chi connectivity index (χ1) is 9.51. The Kier molecular flexibility index (Phi) is 10.8. The van der Waals surface area contributed by atoms with E-state index >= 15 is 0 Å². The summed E-state index contributed by atoms with van der Waals surface area (Å²) in [4.78, 5) is 0. The smallest absolute Gasteiger partial charge is 0.126 e. The van der Waals surface area contributed by atoms with Gasteiger partial charge >= 0.3 is 0 Å². The predicted octanol–water partition coefficient (Wildman–Crippen LogP) is 4.90. The van der Waals surface area contributed by atoms with Crippen LogP contribution in [0.4, 0.5) is 0 Å². The Bertz CT molecular complexity index is 352. The Morgan fingerprint density at radius 1 is 1.15 bits per heavy atom. The van der Waals surface area contributed by atoms with E-state index in [9.17, 15) is 0 Å². The monoisotopic (exact) mass is 277 g/mol. The van der Waals surface area contributed by atoms with Gasteiger partial charge in [0.05, 0.1) is 6.61 Å². The van der Waals surface area contributed by atoms with Crippen molar-refractivity contribution in [3.63, 3.8) is 0 Å². The minimum absolute atomic E-state index is 0.625. The van der Waals surface area contributed by atoms with Crippen LogP contribution < -0.4 is 10.1 Å². The molecule has 0 atom stereocenters. The van der Waals surface area contributed by atoms with Gasteiger partial charge in [0.1, 0.15) is 5.75 Å². The highest BCUT2D eigenvalue weighted by atomic mass is 16.5. The first-order valence-corrected chi connectivity index (χ1v) is 7.61. The van der Waals surface area contributed by atoms with E-state index in [1.54, 1.807) is 0 Å². The van der Waals surface area contributed by atoms with E-state index in [0.717, 1.165) is 30.8 Å². The average Bonchev–Trinajstić information content (AvgIpc) is 2.38. The standard InChI is InChI=1S/C12H16O.C6H15N/c1-3-5-10-13-12-9-7-6-8-11(12)4-2;1-5(2)7-6(3)4/h4,6-9H,2-3,5,10H2,1H3;5-7H,1-4H3. The van der Waals surface area contributed by atoms with Crippen molar-refractivity contribution in [3.8, 4) is 5.75 Å². The average molecular weight is 277 g/mol. The number of unbranched alkanes of at least 4 members (excludes halogenated alkanes) is 1. The maximum atomic E-state index is 5.60. The van der Waals surface area contributed by atoms with Gasteiger partial charge in [-0.3, -0.25) is 0 Å². The summed E-state index contributed by atoms with van der Waals surface area (Å²) in [5.74, 6) is 0.936. The van der Waals surface area contributed by atoms with Crippen molar-refractivity contribution in [2.24, 2.45) is 0 Å². The van der Waals surface area contributed by atoms with Crippen LogP contribution in [0.25, 0.3) is 6.08 Å². The van der Waals surface area contributed by atoms with Gasteiger partial charge in [0.25, 0.3) is 0 Å². The molecule has 0 aromatic heterocycles. The molecule has 1 aromatic rings. The van der Waals surface area contributed by atoms with Gasteiger partial charge in [0, 0.05) is 17.6 Å². The molecule has 1 rings (SSSR count). The van der Waals surface area contributed by atoms with Crippen LogP contribution in [0.3, 0.4) is 0 Å². The van der Waals surface area contributed by atoms with Gasteiger partial charge in [0.2, 0.25) is 0 Å². The van der Waals surface area contributed by atoms with Crippen molar-refractivity contribution < 1.29 is 4.74 Å². The summed E-state index contributed by atoms with van der Waals surface area (Å²) >= 11 is 0. The van der Waals surface area contributed by atoms with Crippen LogP contribution in [-0.4, -0.2) is 18.7 Å². The van der Waals surface area contributed by atoms with E-state index < -0.39 is 0 Å². The third-order valence-corrected chi connectivity index (χ3v) is 2.56. The van der Waals surface area contributed by atoms with Gasteiger partial charge in [0.15, 0.2) is 0 Å². The molecule has 0 fully saturated rings. The SMILES string of the molecule is C=Cc1ccccc1OCCCC.CC(C)NC(C)C. The zero-order valence-corrected chi connectivity index (χ0v) is 13.8. The van der Waals surface area contributed by atoms with E-state index in [2.05, 4.69) is 46.5 Å². The summed E-state index contributed by atoms with van der Waals surface area (Å²) in [6.07, 6.45) is 4.09. The van der Waals surface area contributed by atoms with E-state index in [1.165, 1.54) is 0 Å². The molecule has 1 N–H and O–H groups in total. The first kappa shape index (κ1) is 18.7. The van der Waals surface area contributed by atoms with Gasteiger partial charge in [-0.1, -0.05) is 71.9 Å². The van der Waals surface area contributed by atoms with Crippen molar-refractivity contribution in [3.05, 3.63) is 36.4 Å². The summed E-state index contributed by atoms with van der Waals surface area (Å²) in [5.41, 5.74) is 1.07. The van der Waals surface area contributed by atoms with Crippen molar-refractivity contribution in [1.29, 1.82) is 0 Å². The zero-order chi connectivity index (χ0) is 15.4. The fraction of sp³-hybridized carbons (Fsp3) is 0.556. The van der Waals surface area contributed by atoms with E-state index in [1.807, 2.05) is 30.3 Å². The number of para-hydroxylation sites is 1. The molecule has 0 spiro atoms. The van der Waals surface area contributed by atoms with Crippen LogP contribution in [0, 0.1) is 0 Å². The minimum atomic E-state index is 0.625. The third kappa shape index (κ3) is 9.62. The second-order valence-corrected chi connectivity index (χ2v) is 5.42. The number of rotatable bonds is 7. The summed E-state index contributed by atoms with van der Waals surface area (Å²) < 4.78 is 5.60. The highest BCUT2D eigenvalue weighted by Gasteiger charge is 1.97. The lowest BCUT2D eigenvalue weighted by atomic mass is 10.2. The molecule has 2 heteroatoms. The Balaban J connectivity index is 0.000000441. The lowest BCUT2D eigenvalue weighted by Gasteiger charge is -2.10. The molecule has 0 aliphatic heterocycles. The fourth-order valence-electron chi connectivity index (χ4n) is 1.77. The van der Waals surface area contributed by atoms with Crippen molar-refractivity contribution in [2.75, 3.05) is 6.61 Å². The van der Waals surface area contributed by atoms with Crippen LogP contribution in [-0.2, 0) is 0 Å². The molecule has 0 radical (unpaired) electrons. The number of nitrogens with one attached hydrogen (secondary N) is 1. The lowest BCUT2D eigenvalue weighted by molar-refractivity contribution is 0.309. The van der Waals surface area contributed by atoms with Crippen molar-refractivity contribution in [1.82, 2.24) is 5.32 Å². The third-order valence-electron chi connectivity index (χ3n) is 2.56. The molecule has 1 aromatic carbocycles. The fourth-order valence-corrected chi connectivity index (χ4v) is 1.77. The van der Waals surface area contributed by atoms with Gasteiger partial charge in [-0.2, -0.15) is 0 Å². The Labute approximate surface area is 125 Å². The molecular formula is C18H31NO. The second kappa shape index (κ2) is 11.5. The Morgan fingerprint density at radius 2 is 1.75 bits per heavy atom. The molecule has 20 heavy (non-hydrogen) atoms. The van der Waals surface area contributed by atoms with Gasteiger partial charge in [-0.15, -0.1) is 0 Å². The molecular weight excluding hydrogens is 246 g/mol. The molecule has 0 aliphatic rings. The van der Waals surface area contributed by atoms with E-state index in [4.69, 9.17) is 4.74 Å². The molecule has 0 aliphatic carbocycles. The van der Waals surface area contributed by atoms with Crippen molar-refractivity contribution >= 4 is 6.08 Å². The molecule has 2 nitrogen and oxygen atoms in total. The summed E-state index contributed by atoms with van der Waals surface area (Å²) in [6.45, 7) is 15.3. The molecule has 114 valence electrons. The molecule has 0 unspecified atom stereocenters. The maximum Gasteiger partial charge on any atom is 0.126 e. The van der Waals surface area contributed by atoms with Gasteiger partial charge in [-0.25, -0.2) is 0 Å². The van der Waals surface area contributed by atoms with Crippen LogP contribution in [0.5, 0.6) is 5.75 Å². The largest absolute Gasteiger partial charge is 0.493 e. The summed E-state index contributed by atoms with van der Waals surface area (Å²) in [6, 6.07) is 9.21. The topological polar surface area (TPSA) is 21.3 Å². The Hall–Kier alpha value is -1.28. The maximum absolute atomic E-state index is 5.60. The molecule has 0 saturated heterocycles. The normalized spacial score (nSPS) is 10.2. The van der Waals surface area contributed by atoms with E-state index in [-0.39, 0.29) is 0 Å². The number of hydrogen-bond acceptors (Lipinski definition) is 2. The van der Waals surface area contributed by atoms with E-state index in [0.29, 0.717) is 12.1 Å². The van der Waals surface area contributed by atoms with Crippen LogP contribution in [0.1, 0.15) is 53.0 Å². The number of hydrogen-bond donors (Lipinski definition) is 1. The number of benzene rings is 1. The van der Waals surface area contributed by atoms with Gasteiger partial charge < -0.3 is 10.1 Å². The van der Waals surface area contributed by atoms with Gasteiger partial charge in [-0.05, 0) is 12.5 Å². The van der Waals surface area contributed by atoms with Crippen molar-refractivity contribution in [2.45, 2.75) is 59.5 Å². The molecule has 0 amide bonds. The first-order valence-electron chi connectivity index (χ1n) is 7.61. The summed E-state index contributed by atoms with van der Waals surface area (Å²) in [7, 11) is 0. The minimum Gasteiger partial charge on any atom is -0.493 e. The quantitative estimate of drug-likeness (QED) is 0.716. The second-order valence-electron chi connectivity index (χ2n) is 5.42. The number of ether oxygens (including phenoxy) is 1. The molecule has 0 saturated carbocycles. The molecule has 0 bridgehead atoms.